The second-order valence-electron chi connectivity index (χ2n) is 7.99. The summed E-state index contributed by atoms with van der Waals surface area (Å²) in [4.78, 5) is 21.5. The van der Waals surface area contributed by atoms with E-state index in [1.807, 2.05) is 18.2 Å². The molecule has 0 bridgehead atoms. The first-order valence-electron chi connectivity index (χ1n) is 10.8. The summed E-state index contributed by atoms with van der Waals surface area (Å²) in [5.41, 5.74) is 0.509. The zero-order valence-electron chi connectivity index (χ0n) is 17.6. The van der Waals surface area contributed by atoms with Gasteiger partial charge in [0.2, 0.25) is 15.9 Å². The summed E-state index contributed by atoms with van der Waals surface area (Å²) in [6.45, 7) is 4.56. The van der Waals surface area contributed by atoms with Gasteiger partial charge in [0.25, 0.3) is 0 Å². The molecule has 1 N–H and O–H groups in total. The van der Waals surface area contributed by atoms with Gasteiger partial charge in [-0.05, 0) is 43.2 Å². The molecule has 0 saturated carbocycles. The number of sulfonamides is 1. The first-order valence-corrected chi connectivity index (χ1v) is 12.2. The van der Waals surface area contributed by atoms with Gasteiger partial charge in [0.15, 0.2) is 0 Å². The Balaban J connectivity index is 1.32. The van der Waals surface area contributed by atoms with Crippen molar-refractivity contribution in [3.63, 3.8) is 0 Å². The SMILES string of the molecule is O=C(CN1CCN(c2ccccn2)CC1)Nc1cccc(S(=O)(=O)N2CCCCC2)c1. The van der Waals surface area contributed by atoms with Crippen molar-refractivity contribution in [1.82, 2.24) is 14.2 Å². The van der Waals surface area contributed by atoms with E-state index in [1.54, 1.807) is 34.8 Å². The lowest BCUT2D eigenvalue weighted by atomic mass is 10.2. The fourth-order valence-electron chi connectivity index (χ4n) is 4.07. The van der Waals surface area contributed by atoms with E-state index >= 15 is 0 Å². The molecule has 4 rings (SSSR count). The minimum Gasteiger partial charge on any atom is -0.354 e. The molecule has 1 aromatic heterocycles. The number of pyridine rings is 1. The largest absolute Gasteiger partial charge is 0.354 e. The van der Waals surface area contributed by atoms with Crippen molar-refractivity contribution in [1.29, 1.82) is 0 Å². The summed E-state index contributed by atoms with van der Waals surface area (Å²) in [5, 5.41) is 2.86. The molecule has 31 heavy (non-hydrogen) atoms. The lowest BCUT2D eigenvalue weighted by Crippen LogP contribution is -2.48. The van der Waals surface area contributed by atoms with Crippen molar-refractivity contribution in [2.45, 2.75) is 24.2 Å². The van der Waals surface area contributed by atoms with E-state index in [2.05, 4.69) is 20.1 Å². The molecule has 2 aliphatic heterocycles. The molecule has 9 heteroatoms. The van der Waals surface area contributed by atoms with Gasteiger partial charge >= 0.3 is 0 Å². The van der Waals surface area contributed by atoms with Crippen molar-refractivity contribution in [3.05, 3.63) is 48.7 Å². The summed E-state index contributed by atoms with van der Waals surface area (Å²) in [5.74, 6) is 0.817. The van der Waals surface area contributed by atoms with E-state index in [0.717, 1.165) is 51.3 Å². The number of anilines is 2. The van der Waals surface area contributed by atoms with Crippen molar-refractivity contribution < 1.29 is 13.2 Å². The Morgan fingerprint density at radius 1 is 0.935 bits per heavy atom. The fourth-order valence-corrected chi connectivity index (χ4v) is 5.63. The van der Waals surface area contributed by atoms with E-state index in [0.29, 0.717) is 18.8 Å². The smallest absolute Gasteiger partial charge is 0.243 e. The Morgan fingerprint density at radius 2 is 1.71 bits per heavy atom. The number of carbonyl (C=O) groups is 1. The van der Waals surface area contributed by atoms with Gasteiger partial charge in [-0.25, -0.2) is 13.4 Å². The molecular formula is C22H29N5O3S. The molecule has 2 aliphatic rings. The lowest BCUT2D eigenvalue weighted by Gasteiger charge is -2.34. The quantitative estimate of drug-likeness (QED) is 0.735. The summed E-state index contributed by atoms with van der Waals surface area (Å²) in [6, 6.07) is 12.4. The standard InChI is InChI=1S/C22H29N5O3S/c28-22(18-25-13-15-26(16-14-25)21-9-2-3-10-23-21)24-19-7-6-8-20(17-19)31(29,30)27-11-4-1-5-12-27/h2-3,6-10,17H,1,4-5,11-16,18H2,(H,24,28). The Hall–Kier alpha value is -2.49. The lowest BCUT2D eigenvalue weighted by molar-refractivity contribution is -0.117. The van der Waals surface area contributed by atoms with Crippen molar-refractivity contribution in [2.75, 3.05) is 56.0 Å². The van der Waals surface area contributed by atoms with Crippen LogP contribution in [-0.4, -0.2) is 74.3 Å². The van der Waals surface area contributed by atoms with E-state index in [9.17, 15) is 13.2 Å². The van der Waals surface area contributed by atoms with Gasteiger partial charge in [-0.15, -0.1) is 0 Å². The second-order valence-corrected chi connectivity index (χ2v) is 9.93. The normalized spacial score (nSPS) is 18.6. The maximum atomic E-state index is 12.9. The Bertz CT molecular complexity index is 985. The minimum atomic E-state index is -3.52. The van der Waals surface area contributed by atoms with E-state index in [1.165, 1.54) is 0 Å². The van der Waals surface area contributed by atoms with Crippen molar-refractivity contribution in [3.8, 4) is 0 Å². The van der Waals surface area contributed by atoms with Gasteiger partial charge in [-0.2, -0.15) is 4.31 Å². The van der Waals surface area contributed by atoms with Crippen LogP contribution in [0.1, 0.15) is 19.3 Å². The molecule has 1 aromatic carbocycles. The maximum absolute atomic E-state index is 12.9. The summed E-state index contributed by atoms with van der Waals surface area (Å²) in [6.07, 6.45) is 4.64. The third kappa shape index (κ3) is 5.41. The van der Waals surface area contributed by atoms with Crippen LogP contribution in [0, 0.1) is 0 Å². The van der Waals surface area contributed by atoms with Gasteiger partial charge in [0, 0.05) is 51.2 Å². The molecular weight excluding hydrogens is 414 g/mol. The van der Waals surface area contributed by atoms with E-state index < -0.39 is 10.0 Å². The molecule has 0 spiro atoms. The molecule has 2 aromatic rings. The highest BCUT2D eigenvalue weighted by Gasteiger charge is 2.26. The first-order chi connectivity index (χ1) is 15.0. The van der Waals surface area contributed by atoms with Crippen LogP contribution in [0.2, 0.25) is 0 Å². The molecule has 2 fully saturated rings. The average Bonchev–Trinajstić information content (AvgIpc) is 2.81. The van der Waals surface area contributed by atoms with Crippen LogP contribution in [-0.2, 0) is 14.8 Å². The molecule has 0 aliphatic carbocycles. The molecule has 0 atom stereocenters. The fraction of sp³-hybridized carbons (Fsp3) is 0.455. The number of carbonyl (C=O) groups excluding carboxylic acids is 1. The number of benzene rings is 1. The van der Waals surface area contributed by atoms with Gasteiger partial charge in [-0.3, -0.25) is 9.69 Å². The van der Waals surface area contributed by atoms with Crippen LogP contribution in [0.4, 0.5) is 11.5 Å². The van der Waals surface area contributed by atoms with Crippen LogP contribution in [0.3, 0.4) is 0 Å². The van der Waals surface area contributed by atoms with Crippen LogP contribution in [0.15, 0.2) is 53.6 Å². The van der Waals surface area contributed by atoms with Crippen molar-refractivity contribution >= 4 is 27.4 Å². The first kappa shape index (κ1) is 21.7. The number of nitrogens with zero attached hydrogens (tertiary/aromatic N) is 4. The van der Waals surface area contributed by atoms with E-state index in [4.69, 9.17) is 0 Å². The second kappa shape index (κ2) is 9.76. The predicted molar refractivity (Wildman–Crippen MR) is 121 cm³/mol. The third-order valence-corrected chi connectivity index (χ3v) is 7.68. The number of rotatable bonds is 6. The van der Waals surface area contributed by atoms with Crippen LogP contribution < -0.4 is 10.2 Å². The molecule has 0 unspecified atom stereocenters. The third-order valence-electron chi connectivity index (χ3n) is 5.78. The van der Waals surface area contributed by atoms with Crippen LogP contribution in [0.5, 0.6) is 0 Å². The molecule has 8 nitrogen and oxygen atoms in total. The van der Waals surface area contributed by atoms with Crippen LogP contribution in [0.25, 0.3) is 0 Å². The van der Waals surface area contributed by atoms with Gasteiger partial charge in [0.05, 0.1) is 11.4 Å². The zero-order valence-corrected chi connectivity index (χ0v) is 18.4. The summed E-state index contributed by atoms with van der Waals surface area (Å²) in [7, 11) is -3.52. The number of piperidine rings is 1. The highest BCUT2D eigenvalue weighted by Crippen LogP contribution is 2.23. The molecule has 166 valence electrons. The summed E-state index contributed by atoms with van der Waals surface area (Å²) >= 11 is 0. The maximum Gasteiger partial charge on any atom is 0.243 e. The highest BCUT2D eigenvalue weighted by atomic mass is 32.2. The number of amides is 1. The van der Waals surface area contributed by atoms with E-state index in [-0.39, 0.29) is 17.3 Å². The van der Waals surface area contributed by atoms with Crippen molar-refractivity contribution in [2.24, 2.45) is 0 Å². The Morgan fingerprint density at radius 3 is 2.42 bits per heavy atom. The number of nitrogens with one attached hydrogen (secondary N) is 1. The predicted octanol–water partition coefficient (Wildman–Crippen LogP) is 2.02. The van der Waals surface area contributed by atoms with Gasteiger partial charge in [0.1, 0.15) is 5.82 Å². The monoisotopic (exact) mass is 443 g/mol. The number of hydrogen-bond donors (Lipinski definition) is 1. The Labute approximate surface area is 183 Å². The van der Waals surface area contributed by atoms with Crippen LogP contribution >= 0.6 is 0 Å². The molecule has 2 saturated heterocycles. The molecule has 3 heterocycles. The average molecular weight is 444 g/mol. The Kier molecular flexibility index (Phi) is 6.84. The highest BCUT2D eigenvalue weighted by molar-refractivity contribution is 7.89. The van der Waals surface area contributed by atoms with Gasteiger partial charge < -0.3 is 10.2 Å². The van der Waals surface area contributed by atoms with Gasteiger partial charge in [-0.1, -0.05) is 18.6 Å². The summed E-state index contributed by atoms with van der Waals surface area (Å²) < 4.78 is 27.3. The number of piperazine rings is 1. The number of aromatic nitrogens is 1. The zero-order chi connectivity index (χ0) is 21.7. The topological polar surface area (TPSA) is 85.9 Å². The minimum absolute atomic E-state index is 0.140. The number of hydrogen-bond acceptors (Lipinski definition) is 6. The molecule has 1 amide bonds. The molecule has 0 radical (unpaired) electrons.